The molecule has 2 aromatic carbocycles. The zero-order valence-corrected chi connectivity index (χ0v) is 18.7. The molecule has 0 aromatic heterocycles. The van der Waals surface area contributed by atoms with E-state index in [2.05, 4.69) is 16.3 Å². The number of nitrogens with one attached hydrogen (secondary N) is 1. The molecule has 2 aliphatic heterocycles. The standard InChI is InChI=1S/C23H29N3O4S/c1-31(28,29)26-10-4-7-18-15-19(8-9-22(18)26)23(27)24-16-20-5-2-3-6-21(20)17-25-11-13-30-14-12-25/h2-3,5-6,8-9,15H,4,7,10-14,16-17H2,1H3,(H,24,27). The molecule has 0 saturated carbocycles. The second kappa shape index (κ2) is 9.38. The maximum atomic E-state index is 12.8. The third-order valence-corrected chi connectivity index (χ3v) is 7.05. The van der Waals surface area contributed by atoms with Gasteiger partial charge in [0.15, 0.2) is 0 Å². The fraction of sp³-hybridized carbons (Fsp3) is 0.435. The predicted octanol–water partition coefficient (Wildman–Crippen LogP) is 2.16. The van der Waals surface area contributed by atoms with Gasteiger partial charge in [0.05, 0.1) is 25.2 Å². The number of hydrogen-bond donors (Lipinski definition) is 1. The van der Waals surface area contributed by atoms with Gasteiger partial charge >= 0.3 is 0 Å². The van der Waals surface area contributed by atoms with Crippen LogP contribution in [-0.2, 0) is 34.3 Å². The van der Waals surface area contributed by atoms with Crippen LogP contribution in [-0.4, -0.2) is 58.3 Å². The van der Waals surface area contributed by atoms with Crippen molar-refractivity contribution in [2.24, 2.45) is 0 Å². The van der Waals surface area contributed by atoms with Gasteiger partial charge < -0.3 is 10.1 Å². The van der Waals surface area contributed by atoms with E-state index < -0.39 is 10.0 Å². The minimum Gasteiger partial charge on any atom is -0.379 e. The minimum absolute atomic E-state index is 0.152. The molecular formula is C23H29N3O4S. The lowest BCUT2D eigenvalue weighted by molar-refractivity contribution is 0.0340. The number of amides is 1. The first kappa shape index (κ1) is 21.8. The molecule has 166 valence electrons. The minimum atomic E-state index is -3.31. The molecule has 0 bridgehead atoms. The summed E-state index contributed by atoms with van der Waals surface area (Å²) in [6.07, 6.45) is 2.74. The van der Waals surface area contributed by atoms with Crippen molar-refractivity contribution in [2.45, 2.75) is 25.9 Å². The van der Waals surface area contributed by atoms with E-state index in [0.29, 0.717) is 24.3 Å². The van der Waals surface area contributed by atoms with Crippen molar-refractivity contribution in [1.29, 1.82) is 0 Å². The number of aryl methyl sites for hydroxylation is 1. The molecule has 2 aliphatic rings. The van der Waals surface area contributed by atoms with E-state index in [1.54, 1.807) is 12.1 Å². The summed E-state index contributed by atoms with van der Waals surface area (Å²) < 4.78 is 30.9. The highest BCUT2D eigenvalue weighted by atomic mass is 32.2. The molecule has 7 nitrogen and oxygen atoms in total. The van der Waals surface area contributed by atoms with Crippen LogP contribution in [0.2, 0.25) is 0 Å². The Labute approximate surface area is 184 Å². The van der Waals surface area contributed by atoms with Gasteiger partial charge in [-0.1, -0.05) is 24.3 Å². The predicted molar refractivity (Wildman–Crippen MR) is 121 cm³/mol. The van der Waals surface area contributed by atoms with Crippen LogP contribution in [0.1, 0.15) is 33.5 Å². The molecule has 1 N–H and O–H groups in total. The average Bonchev–Trinajstić information content (AvgIpc) is 2.77. The number of nitrogens with zero attached hydrogens (tertiary/aromatic N) is 2. The van der Waals surface area contributed by atoms with Crippen LogP contribution in [0.15, 0.2) is 42.5 Å². The third-order valence-electron chi connectivity index (χ3n) is 5.87. The maximum Gasteiger partial charge on any atom is 0.251 e. The molecule has 31 heavy (non-hydrogen) atoms. The summed E-state index contributed by atoms with van der Waals surface area (Å²) in [5.74, 6) is -0.152. The molecule has 1 amide bonds. The number of carbonyl (C=O) groups excluding carboxylic acids is 1. The second-order valence-electron chi connectivity index (χ2n) is 8.12. The first-order valence-electron chi connectivity index (χ1n) is 10.7. The fourth-order valence-electron chi connectivity index (χ4n) is 4.21. The van der Waals surface area contributed by atoms with Crippen molar-refractivity contribution in [2.75, 3.05) is 43.4 Å². The van der Waals surface area contributed by atoms with E-state index in [9.17, 15) is 13.2 Å². The van der Waals surface area contributed by atoms with Crippen LogP contribution >= 0.6 is 0 Å². The number of morpholine rings is 1. The molecule has 2 aromatic rings. The van der Waals surface area contributed by atoms with E-state index in [4.69, 9.17) is 4.74 Å². The number of ether oxygens (including phenoxy) is 1. The number of anilines is 1. The topological polar surface area (TPSA) is 79.0 Å². The van der Waals surface area contributed by atoms with Crippen LogP contribution in [0.4, 0.5) is 5.69 Å². The summed E-state index contributed by atoms with van der Waals surface area (Å²) in [5, 5.41) is 3.03. The Kier molecular flexibility index (Phi) is 6.60. The number of hydrogen-bond acceptors (Lipinski definition) is 5. The highest BCUT2D eigenvalue weighted by Crippen LogP contribution is 2.30. The van der Waals surface area contributed by atoms with Gasteiger partial charge in [-0.25, -0.2) is 8.42 Å². The number of fused-ring (bicyclic) bond motifs is 1. The Balaban J connectivity index is 1.44. The molecule has 0 atom stereocenters. The molecule has 8 heteroatoms. The van der Waals surface area contributed by atoms with Crippen LogP contribution in [0, 0.1) is 0 Å². The molecular weight excluding hydrogens is 414 g/mol. The quantitative estimate of drug-likeness (QED) is 0.740. The summed E-state index contributed by atoms with van der Waals surface area (Å²) >= 11 is 0. The molecule has 1 fully saturated rings. The van der Waals surface area contributed by atoms with Gasteiger partial charge in [-0.3, -0.25) is 14.0 Å². The number of benzene rings is 2. The zero-order chi connectivity index (χ0) is 21.8. The molecule has 4 rings (SSSR count). The van der Waals surface area contributed by atoms with Gasteiger partial charge in [0.2, 0.25) is 10.0 Å². The van der Waals surface area contributed by atoms with Crippen molar-refractivity contribution in [3.8, 4) is 0 Å². The summed E-state index contributed by atoms with van der Waals surface area (Å²) in [4.78, 5) is 15.2. The molecule has 0 spiro atoms. The van der Waals surface area contributed by atoms with Crippen molar-refractivity contribution in [3.05, 3.63) is 64.7 Å². The Morgan fingerprint density at radius 1 is 1.06 bits per heavy atom. The summed E-state index contributed by atoms with van der Waals surface area (Å²) in [6, 6.07) is 13.4. The van der Waals surface area contributed by atoms with Crippen LogP contribution in [0.25, 0.3) is 0 Å². The summed E-state index contributed by atoms with van der Waals surface area (Å²) in [5.41, 5.74) is 4.44. The fourth-order valence-corrected chi connectivity index (χ4v) is 5.21. The first-order valence-corrected chi connectivity index (χ1v) is 12.5. The lowest BCUT2D eigenvalue weighted by Crippen LogP contribution is -2.36. The number of sulfonamides is 1. The van der Waals surface area contributed by atoms with Crippen molar-refractivity contribution in [1.82, 2.24) is 10.2 Å². The molecule has 0 radical (unpaired) electrons. The number of rotatable bonds is 6. The average molecular weight is 444 g/mol. The van der Waals surface area contributed by atoms with Gasteiger partial charge in [-0.05, 0) is 47.7 Å². The lowest BCUT2D eigenvalue weighted by atomic mass is 10.0. The molecule has 2 heterocycles. The Bertz CT molecular complexity index is 1050. The van der Waals surface area contributed by atoms with E-state index in [1.807, 2.05) is 24.3 Å². The van der Waals surface area contributed by atoms with E-state index in [0.717, 1.165) is 56.8 Å². The summed E-state index contributed by atoms with van der Waals surface area (Å²) in [7, 11) is -3.31. The SMILES string of the molecule is CS(=O)(=O)N1CCCc2cc(C(=O)NCc3ccccc3CN3CCOCC3)ccc21. The normalized spacial score (nSPS) is 17.3. The highest BCUT2D eigenvalue weighted by Gasteiger charge is 2.24. The Morgan fingerprint density at radius 3 is 2.55 bits per heavy atom. The molecule has 0 aliphatic carbocycles. The smallest absolute Gasteiger partial charge is 0.251 e. The zero-order valence-electron chi connectivity index (χ0n) is 17.8. The maximum absolute atomic E-state index is 12.8. The molecule has 0 unspecified atom stereocenters. The van der Waals surface area contributed by atoms with Crippen molar-refractivity contribution in [3.63, 3.8) is 0 Å². The largest absolute Gasteiger partial charge is 0.379 e. The Hall–Kier alpha value is -2.42. The second-order valence-corrected chi connectivity index (χ2v) is 10.0. The monoisotopic (exact) mass is 443 g/mol. The third kappa shape index (κ3) is 5.26. The first-order chi connectivity index (χ1) is 14.9. The van der Waals surface area contributed by atoms with Gasteiger partial charge in [-0.2, -0.15) is 0 Å². The van der Waals surface area contributed by atoms with Gasteiger partial charge in [-0.15, -0.1) is 0 Å². The number of carbonyl (C=O) groups is 1. The lowest BCUT2D eigenvalue weighted by Gasteiger charge is -2.29. The molecule has 1 saturated heterocycles. The van der Waals surface area contributed by atoms with Crippen molar-refractivity contribution < 1.29 is 17.9 Å². The van der Waals surface area contributed by atoms with E-state index in [1.165, 1.54) is 16.1 Å². The van der Waals surface area contributed by atoms with E-state index in [-0.39, 0.29) is 5.91 Å². The van der Waals surface area contributed by atoms with Crippen LogP contribution in [0.5, 0.6) is 0 Å². The van der Waals surface area contributed by atoms with Crippen LogP contribution in [0.3, 0.4) is 0 Å². The Morgan fingerprint density at radius 2 is 1.81 bits per heavy atom. The van der Waals surface area contributed by atoms with Gasteiger partial charge in [0.25, 0.3) is 5.91 Å². The van der Waals surface area contributed by atoms with Gasteiger partial charge in [0, 0.05) is 38.3 Å². The highest BCUT2D eigenvalue weighted by molar-refractivity contribution is 7.92. The van der Waals surface area contributed by atoms with E-state index >= 15 is 0 Å². The van der Waals surface area contributed by atoms with Gasteiger partial charge in [0.1, 0.15) is 0 Å². The summed E-state index contributed by atoms with van der Waals surface area (Å²) in [6.45, 7) is 5.13. The van der Waals surface area contributed by atoms with Crippen LogP contribution < -0.4 is 9.62 Å². The van der Waals surface area contributed by atoms with Crippen molar-refractivity contribution >= 4 is 21.6 Å².